The monoisotopic (exact) mass is 366 g/mol. The SMILES string of the molecule is CC(=Nc1ccc(Br)cc1)c1cc(Br)ccc1N. The minimum atomic E-state index is 0.733. The summed E-state index contributed by atoms with van der Waals surface area (Å²) in [6.07, 6.45) is 0. The van der Waals surface area contributed by atoms with Gasteiger partial charge in [0.1, 0.15) is 0 Å². The summed E-state index contributed by atoms with van der Waals surface area (Å²) in [5.41, 5.74) is 9.45. The van der Waals surface area contributed by atoms with Crippen molar-refractivity contribution in [3.05, 3.63) is 57.0 Å². The Kier molecular flexibility index (Phi) is 4.19. The molecule has 2 aromatic carbocycles. The predicted molar refractivity (Wildman–Crippen MR) is 84.6 cm³/mol. The van der Waals surface area contributed by atoms with E-state index in [-0.39, 0.29) is 0 Å². The summed E-state index contributed by atoms with van der Waals surface area (Å²) in [6, 6.07) is 13.6. The molecule has 4 heteroatoms. The van der Waals surface area contributed by atoms with E-state index in [1.54, 1.807) is 0 Å². The van der Waals surface area contributed by atoms with Crippen LogP contribution in [0.2, 0.25) is 0 Å². The van der Waals surface area contributed by atoms with Gasteiger partial charge in [0.25, 0.3) is 0 Å². The number of nitrogen functional groups attached to an aromatic ring is 1. The summed E-state index contributed by atoms with van der Waals surface area (Å²) in [4.78, 5) is 4.57. The van der Waals surface area contributed by atoms with Gasteiger partial charge in [-0.2, -0.15) is 0 Å². The van der Waals surface area contributed by atoms with Crippen molar-refractivity contribution < 1.29 is 0 Å². The van der Waals surface area contributed by atoms with Crippen molar-refractivity contribution in [1.29, 1.82) is 0 Å². The van der Waals surface area contributed by atoms with Crippen LogP contribution in [0.5, 0.6) is 0 Å². The van der Waals surface area contributed by atoms with Crippen LogP contribution in [0.4, 0.5) is 11.4 Å². The highest BCUT2D eigenvalue weighted by atomic mass is 79.9. The number of hydrogen-bond donors (Lipinski definition) is 1. The van der Waals surface area contributed by atoms with E-state index < -0.39 is 0 Å². The Balaban J connectivity index is 2.38. The molecule has 0 fully saturated rings. The topological polar surface area (TPSA) is 38.4 Å². The molecule has 0 aliphatic heterocycles. The van der Waals surface area contributed by atoms with Crippen molar-refractivity contribution in [2.24, 2.45) is 4.99 Å². The highest BCUT2D eigenvalue weighted by molar-refractivity contribution is 9.10. The van der Waals surface area contributed by atoms with Crippen LogP contribution >= 0.6 is 31.9 Å². The normalized spacial score (nSPS) is 11.6. The average Bonchev–Trinajstić information content (AvgIpc) is 2.35. The second-order valence-corrected chi connectivity index (χ2v) is 5.74. The van der Waals surface area contributed by atoms with Gasteiger partial charge in [-0.3, -0.25) is 4.99 Å². The first-order valence-electron chi connectivity index (χ1n) is 5.42. The number of rotatable bonds is 2. The van der Waals surface area contributed by atoms with Crippen molar-refractivity contribution in [3.8, 4) is 0 Å². The third-order valence-corrected chi connectivity index (χ3v) is 3.55. The molecular formula is C14H12Br2N2. The summed E-state index contributed by atoms with van der Waals surface area (Å²) in [6.45, 7) is 1.96. The third-order valence-electron chi connectivity index (χ3n) is 2.53. The fourth-order valence-electron chi connectivity index (χ4n) is 1.61. The average molecular weight is 368 g/mol. The van der Waals surface area contributed by atoms with Crippen molar-refractivity contribution in [1.82, 2.24) is 0 Å². The number of halogens is 2. The molecule has 0 amide bonds. The quantitative estimate of drug-likeness (QED) is 0.592. The number of anilines is 1. The van der Waals surface area contributed by atoms with Crippen molar-refractivity contribution in [3.63, 3.8) is 0 Å². The molecule has 0 unspecified atom stereocenters. The van der Waals surface area contributed by atoms with E-state index in [0.29, 0.717) is 0 Å². The minimum Gasteiger partial charge on any atom is -0.398 e. The molecule has 0 heterocycles. The van der Waals surface area contributed by atoms with E-state index in [0.717, 1.165) is 31.6 Å². The Morgan fingerprint density at radius 2 is 1.61 bits per heavy atom. The van der Waals surface area contributed by atoms with Gasteiger partial charge in [0.15, 0.2) is 0 Å². The van der Waals surface area contributed by atoms with Gasteiger partial charge in [-0.25, -0.2) is 0 Å². The first-order chi connectivity index (χ1) is 8.56. The Hall–Kier alpha value is -1.13. The van der Waals surface area contributed by atoms with Crippen LogP contribution in [0.1, 0.15) is 12.5 Å². The lowest BCUT2D eigenvalue weighted by molar-refractivity contribution is 1.46. The number of hydrogen-bond acceptors (Lipinski definition) is 2. The standard InChI is InChI=1S/C14H12Br2N2/c1-9(13-8-11(16)4-7-14(13)17)18-12-5-2-10(15)3-6-12/h2-8H,17H2,1H3. The van der Waals surface area contributed by atoms with Gasteiger partial charge in [-0.05, 0) is 49.4 Å². The molecule has 18 heavy (non-hydrogen) atoms. The summed E-state index contributed by atoms with van der Waals surface area (Å²) in [5.74, 6) is 0. The van der Waals surface area contributed by atoms with E-state index in [9.17, 15) is 0 Å². The van der Waals surface area contributed by atoms with E-state index in [1.807, 2.05) is 49.4 Å². The van der Waals surface area contributed by atoms with Gasteiger partial charge in [-0.15, -0.1) is 0 Å². The highest BCUT2D eigenvalue weighted by Crippen LogP contribution is 2.22. The van der Waals surface area contributed by atoms with Crippen LogP contribution in [0.3, 0.4) is 0 Å². The van der Waals surface area contributed by atoms with E-state index in [2.05, 4.69) is 36.9 Å². The van der Waals surface area contributed by atoms with Crippen molar-refractivity contribution in [2.45, 2.75) is 6.92 Å². The predicted octanol–water partition coefficient (Wildman–Crippen LogP) is 4.93. The Labute approximate surface area is 123 Å². The third kappa shape index (κ3) is 3.21. The summed E-state index contributed by atoms with van der Waals surface area (Å²) < 4.78 is 2.04. The minimum absolute atomic E-state index is 0.733. The largest absolute Gasteiger partial charge is 0.398 e. The maximum absolute atomic E-state index is 5.96. The molecule has 92 valence electrons. The molecule has 2 aromatic rings. The van der Waals surface area contributed by atoms with Crippen molar-refractivity contribution in [2.75, 3.05) is 5.73 Å². The fourth-order valence-corrected chi connectivity index (χ4v) is 2.24. The van der Waals surface area contributed by atoms with Gasteiger partial charge < -0.3 is 5.73 Å². The molecule has 0 saturated carbocycles. The van der Waals surface area contributed by atoms with Gasteiger partial charge in [0, 0.05) is 25.9 Å². The molecule has 0 aromatic heterocycles. The molecule has 0 bridgehead atoms. The molecule has 0 radical (unpaired) electrons. The van der Waals surface area contributed by atoms with Crippen LogP contribution in [-0.4, -0.2) is 5.71 Å². The van der Waals surface area contributed by atoms with Gasteiger partial charge in [0.2, 0.25) is 0 Å². The zero-order valence-electron chi connectivity index (χ0n) is 9.82. The zero-order valence-corrected chi connectivity index (χ0v) is 13.0. The molecule has 0 aliphatic carbocycles. The molecular weight excluding hydrogens is 356 g/mol. The number of aliphatic imine (C=N–C) groups is 1. The van der Waals surface area contributed by atoms with Gasteiger partial charge in [0.05, 0.1) is 5.69 Å². The maximum atomic E-state index is 5.96. The first-order valence-corrected chi connectivity index (χ1v) is 7.01. The van der Waals surface area contributed by atoms with E-state index >= 15 is 0 Å². The molecule has 0 saturated heterocycles. The highest BCUT2D eigenvalue weighted by Gasteiger charge is 2.04. The van der Waals surface area contributed by atoms with E-state index in [4.69, 9.17) is 5.73 Å². The van der Waals surface area contributed by atoms with Crippen LogP contribution < -0.4 is 5.73 Å². The number of nitrogens with two attached hydrogens (primary N) is 1. The molecule has 0 atom stereocenters. The van der Waals surface area contributed by atoms with Crippen LogP contribution in [-0.2, 0) is 0 Å². The lowest BCUT2D eigenvalue weighted by Gasteiger charge is -2.06. The second-order valence-electron chi connectivity index (χ2n) is 3.91. The molecule has 2 nitrogen and oxygen atoms in total. The summed E-state index contributed by atoms with van der Waals surface area (Å²) in [7, 11) is 0. The molecule has 0 spiro atoms. The van der Waals surface area contributed by atoms with Crippen molar-refractivity contribution >= 4 is 48.9 Å². The fraction of sp³-hybridized carbons (Fsp3) is 0.0714. The Morgan fingerprint density at radius 3 is 2.28 bits per heavy atom. The van der Waals surface area contributed by atoms with Crippen LogP contribution in [0, 0.1) is 0 Å². The molecule has 0 aliphatic rings. The van der Waals surface area contributed by atoms with Crippen LogP contribution in [0.25, 0.3) is 0 Å². The molecule has 2 rings (SSSR count). The Morgan fingerprint density at radius 1 is 1.00 bits per heavy atom. The number of benzene rings is 2. The first kappa shape index (κ1) is 13.3. The van der Waals surface area contributed by atoms with Gasteiger partial charge in [-0.1, -0.05) is 31.9 Å². The smallest absolute Gasteiger partial charge is 0.0633 e. The lowest BCUT2D eigenvalue weighted by atomic mass is 10.1. The van der Waals surface area contributed by atoms with Crippen LogP contribution in [0.15, 0.2) is 56.4 Å². The summed E-state index contributed by atoms with van der Waals surface area (Å²) >= 11 is 6.85. The maximum Gasteiger partial charge on any atom is 0.0633 e. The summed E-state index contributed by atoms with van der Waals surface area (Å²) in [5, 5.41) is 0. The zero-order chi connectivity index (χ0) is 13.1. The molecule has 2 N–H and O–H groups in total. The number of nitrogens with zero attached hydrogens (tertiary/aromatic N) is 1. The Bertz CT molecular complexity index is 589. The van der Waals surface area contributed by atoms with Gasteiger partial charge >= 0.3 is 0 Å². The lowest BCUT2D eigenvalue weighted by Crippen LogP contribution is -2.00. The second kappa shape index (κ2) is 5.67. The van der Waals surface area contributed by atoms with E-state index in [1.165, 1.54) is 0 Å².